The number of carbonyl (C=O) groups excluding carboxylic acids is 1. The number of hydrogen-bond acceptors (Lipinski definition) is 2. The van der Waals surface area contributed by atoms with Gasteiger partial charge in [0.25, 0.3) is 0 Å². The number of carbonyl (C=O) groups is 1. The first kappa shape index (κ1) is 12.2. The highest BCUT2D eigenvalue weighted by atomic mass is 16.2. The summed E-state index contributed by atoms with van der Waals surface area (Å²) in [5.41, 5.74) is 5.57. The molecule has 5 heteroatoms. The van der Waals surface area contributed by atoms with Crippen molar-refractivity contribution in [3.63, 3.8) is 0 Å². The number of hydrogen-bond donors (Lipinski definition) is 3. The normalized spacial score (nSPS) is 25.9. The zero-order valence-corrected chi connectivity index (χ0v) is 10.2. The van der Waals surface area contributed by atoms with E-state index < -0.39 is 0 Å². The fourth-order valence-electron chi connectivity index (χ4n) is 2.83. The van der Waals surface area contributed by atoms with Crippen LogP contribution in [0.25, 0.3) is 0 Å². The summed E-state index contributed by atoms with van der Waals surface area (Å²) in [6, 6.07) is 0.110. The van der Waals surface area contributed by atoms with Gasteiger partial charge in [0.05, 0.1) is 6.04 Å². The minimum absolute atomic E-state index is 0.0307. The van der Waals surface area contributed by atoms with Crippen molar-refractivity contribution in [2.75, 3.05) is 6.54 Å². The van der Waals surface area contributed by atoms with Gasteiger partial charge in [0.15, 0.2) is 0 Å². The fourth-order valence-corrected chi connectivity index (χ4v) is 2.83. The van der Waals surface area contributed by atoms with E-state index in [0.29, 0.717) is 6.04 Å². The fraction of sp³-hybridized carbons (Fsp3) is 0.833. The van der Waals surface area contributed by atoms with Gasteiger partial charge in [0, 0.05) is 12.6 Å². The molecule has 0 radical (unpaired) electrons. The molecule has 5 nitrogen and oxygen atoms in total. The molecule has 1 atom stereocenters. The lowest BCUT2D eigenvalue weighted by Gasteiger charge is -2.35. The maximum absolute atomic E-state index is 12.1. The molecule has 1 saturated carbocycles. The summed E-state index contributed by atoms with van der Waals surface area (Å²) in [5.74, 6) is 0.117. The summed E-state index contributed by atoms with van der Waals surface area (Å²) in [4.78, 5) is 13.9. The summed E-state index contributed by atoms with van der Waals surface area (Å²) < 4.78 is 0. The molecule has 1 aliphatic carbocycles. The molecule has 1 unspecified atom stereocenters. The lowest BCUT2D eigenvalue weighted by atomic mass is 10.0. The SMILES string of the molecule is N=C(N)C1CCCCN1C(=O)NC1CCCC1. The Bertz CT molecular complexity index is 299. The third-order valence-electron chi connectivity index (χ3n) is 3.81. The monoisotopic (exact) mass is 238 g/mol. The summed E-state index contributed by atoms with van der Waals surface area (Å²) in [7, 11) is 0. The largest absolute Gasteiger partial charge is 0.386 e. The second-order valence-electron chi connectivity index (χ2n) is 5.09. The van der Waals surface area contributed by atoms with Crippen LogP contribution in [0.15, 0.2) is 0 Å². The highest BCUT2D eigenvalue weighted by Gasteiger charge is 2.30. The average Bonchev–Trinajstić information content (AvgIpc) is 2.81. The molecular formula is C12H22N4O. The standard InChI is InChI=1S/C12H22N4O/c13-11(14)10-7-3-4-8-16(10)12(17)15-9-5-1-2-6-9/h9-10H,1-8H2,(H3,13,14)(H,15,17). The van der Waals surface area contributed by atoms with Crippen LogP contribution in [-0.4, -0.2) is 35.4 Å². The molecule has 1 heterocycles. The Labute approximate surface area is 102 Å². The van der Waals surface area contributed by atoms with Gasteiger partial charge in [-0.25, -0.2) is 4.79 Å². The summed E-state index contributed by atoms with van der Waals surface area (Å²) in [6.07, 6.45) is 7.49. The third kappa shape index (κ3) is 2.90. The molecule has 1 aliphatic heterocycles. The van der Waals surface area contributed by atoms with Gasteiger partial charge in [0.1, 0.15) is 5.84 Å². The van der Waals surface area contributed by atoms with Gasteiger partial charge in [-0.15, -0.1) is 0 Å². The average molecular weight is 238 g/mol. The minimum Gasteiger partial charge on any atom is -0.386 e. The lowest BCUT2D eigenvalue weighted by molar-refractivity contribution is 0.168. The number of urea groups is 1. The molecule has 2 amide bonds. The number of likely N-dealkylation sites (tertiary alicyclic amines) is 1. The quantitative estimate of drug-likeness (QED) is 0.502. The van der Waals surface area contributed by atoms with Gasteiger partial charge in [-0.3, -0.25) is 5.41 Å². The van der Waals surface area contributed by atoms with E-state index in [0.717, 1.165) is 38.6 Å². The predicted molar refractivity (Wildman–Crippen MR) is 67.0 cm³/mol. The molecule has 4 N–H and O–H groups in total. The van der Waals surface area contributed by atoms with Crippen molar-refractivity contribution >= 4 is 11.9 Å². The molecule has 17 heavy (non-hydrogen) atoms. The molecule has 0 aromatic carbocycles. The predicted octanol–water partition coefficient (Wildman–Crippen LogP) is 1.43. The van der Waals surface area contributed by atoms with Gasteiger partial charge in [-0.1, -0.05) is 12.8 Å². The van der Waals surface area contributed by atoms with Crippen molar-refractivity contribution in [3.8, 4) is 0 Å². The zero-order valence-electron chi connectivity index (χ0n) is 10.2. The van der Waals surface area contributed by atoms with Gasteiger partial charge in [-0.05, 0) is 32.1 Å². The number of amidine groups is 1. The van der Waals surface area contributed by atoms with Crippen molar-refractivity contribution in [2.45, 2.75) is 57.0 Å². The zero-order chi connectivity index (χ0) is 12.3. The second-order valence-corrected chi connectivity index (χ2v) is 5.09. The van der Waals surface area contributed by atoms with Crippen LogP contribution >= 0.6 is 0 Å². The van der Waals surface area contributed by atoms with Crippen LogP contribution in [0.3, 0.4) is 0 Å². The summed E-state index contributed by atoms with van der Waals surface area (Å²) in [6.45, 7) is 0.725. The van der Waals surface area contributed by atoms with Crippen LogP contribution in [0.5, 0.6) is 0 Å². The van der Waals surface area contributed by atoms with E-state index in [4.69, 9.17) is 11.1 Å². The van der Waals surface area contributed by atoms with Gasteiger partial charge in [0.2, 0.25) is 0 Å². The van der Waals surface area contributed by atoms with Crippen LogP contribution < -0.4 is 11.1 Å². The van der Waals surface area contributed by atoms with Crippen LogP contribution in [0.4, 0.5) is 4.79 Å². The molecule has 1 saturated heterocycles. The summed E-state index contributed by atoms with van der Waals surface area (Å²) >= 11 is 0. The third-order valence-corrected chi connectivity index (χ3v) is 3.81. The number of rotatable bonds is 2. The topological polar surface area (TPSA) is 82.2 Å². The smallest absolute Gasteiger partial charge is 0.318 e. The van der Waals surface area contributed by atoms with Crippen molar-refractivity contribution < 1.29 is 4.79 Å². The molecule has 0 bridgehead atoms. The molecule has 0 spiro atoms. The van der Waals surface area contributed by atoms with E-state index in [2.05, 4.69) is 5.32 Å². The van der Waals surface area contributed by atoms with E-state index in [9.17, 15) is 4.79 Å². The number of nitrogens with one attached hydrogen (secondary N) is 2. The van der Waals surface area contributed by atoms with Crippen LogP contribution in [0, 0.1) is 5.41 Å². The molecule has 2 aliphatic rings. The van der Waals surface area contributed by atoms with E-state index >= 15 is 0 Å². The first-order valence-corrected chi connectivity index (χ1v) is 6.59. The Morgan fingerprint density at radius 2 is 1.82 bits per heavy atom. The van der Waals surface area contributed by atoms with Crippen molar-refractivity contribution in [1.29, 1.82) is 5.41 Å². The Hall–Kier alpha value is -1.26. The number of piperidine rings is 1. The first-order chi connectivity index (χ1) is 8.18. The van der Waals surface area contributed by atoms with Gasteiger partial charge < -0.3 is 16.0 Å². The number of amides is 2. The summed E-state index contributed by atoms with van der Waals surface area (Å²) in [5, 5.41) is 10.6. The molecule has 0 aromatic rings. The van der Waals surface area contributed by atoms with Crippen molar-refractivity contribution in [1.82, 2.24) is 10.2 Å². The Kier molecular flexibility index (Phi) is 3.86. The van der Waals surface area contributed by atoms with E-state index in [1.165, 1.54) is 12.8 Å². The van der Waals surface area contributed by atoms with Gasteiger partial charge >= 0.3 is 6.03 Å². The Balaban J connectivity index is 1.93. The highest BCUT2D eigenvalue weighted by Crippen LogP contribution is 2.20. The molecule has 96 valence electrons. The lowest BCUT2D eigenvalue weighted by Crippen LogP contribution is -2.54. The number of nitrogens with two attached hydrogens (primary N) is 1. The number of nitrogens with zero attached hydrogens (tertiary/aromatic N) is 1. The van der Waals surface area contributed by atoms with Crippen LogP contribution in [0.2, 0.25) is 0 Å². The van der Waals surface area contributed by atoms with E-state index in [1.807, 2.05) is 0 Å². The highest BCUT2D eigenvalue weighted by molar-refractivity contribution is 5.88. The Morgan fingerprint density at radius 3 is 2.47 bits per heavy atom. The minimum atomic E-state index is -0.190. The van der Waals surface area contributed by atoms with Crippen molar-refractivity contribution in [2.24, 2.45) is 5.73 Å². The van der Waals surface area contributed by atoms with E-state index in [-0.39, 0.29) is 17.9 Å². The van der Waals surface area contributed by atoms with Gasteiger partial charge in [-0.2, -0.15) is 0 Å². The maximum Gasteiger partial charge on any atom is 0.318 e. The molecule has 2 rings (SSSR count). The maximum atomic E-state index is 12.1. The van der Waals surface area contributed by atoms with Crippen LogP contribution in [0.1, 0.15) is 44.9 Å². The van der Waals surface area contributed by atoms with Crippen molar-refractivity contribution in [3.05, 3.63) is 0 Å². The first-order valence-electron chi connectivity index (χ1n) is 6.59. The second kappa shape index (κ2) is 5.38. The molecule has 2 fully saturated rings. The van der Waals surface area contributed by atoms with E-state index in [1.54, 1.807) is 4.90 Å². The Morgan fingerprint density at radius 1 is 1.18 bits per heavy atom. The molecular weight excluding hydrogens is 216 g/mol. The molecule has 0 aromatic heterocycles. The van der Waals surface area contributed by atoms with Crippen LogP contribution in [-0.2, 0) is 0 Å².